The van der Waals surface area contributed by atoms with Crippen LogP contribution < -0.4 is 0 Å². The van der Waals surface area contributed by atoms with Crippen molar-refractivity contribution < 1.29 is 24.2 Å². The fourth-order valence-corrected chi connectivity index (χ4v) is 3.94. The van der Waals surface area contributed by atoms with Gasteiger partial charge in [0.15, 0.2) is 0 Å². The lowest BCUT2D eigenvalue weighted by molar-refractivity contribution is -0.194. The molecule has 1 aliphatic heterocycles. The second kappa shape index (κ2) is 8.04. The molecule has 6 heteroatoms. The molecule has 25 heavy (non-hydrogen) atoms. The van der Waals surface area contributed by atoms with Gasteiger partial charge in [-0.05, 0) is 65.2 Å². The lowest BCUT2D eigenvalue weighted by Gasteiger charge is -2.35. The summed E-state index contributed by atoms with van der Waals surface area (Å²) in [6, 6.07) is 0. The Morgan fingerprint density at radius 1 is 1.20 bits per heavy atom. The molecular formula is C19H33NO5. The van der Waals surface area contributed by atoms with Crippen LogP contribution in [-0.4, -0.2) is 53.5 Å². The van der Waals surface area contributed by atoms with Crippen LogP contribution in [0.25, 0.3) is 0 Å². The number of aliphatic hydroxyl groups is 1. The Morgan fingerprint density at radius 2 is 1.84 bits per heavy atom. The predicted octanol–water partition coefficient (Wildman–Crippen LogP) is 2.48. The lowest BCUT2D eigenvalue weighted by atomic mass is 9.80. The first-order valence-electron chi connectivity index (χ1n) is 9.44. The maximum atomic E-state index is 12.4. The van der Waals surface area contributed by atoms with Gasteiger partial charge in [0.25, 0.3) is 0 Å². The van der Waals surface area contributed by atoms with Crippen molar-refractivity contribution >= 4 is 11.9 Å². The second-order valence-corrected chi connectivity index (χ2v) is 8.44. The van der Waals surface area contributed by atoms with E-state index in [0.717, 1.165) is 38.5 Å². The van der Waals surface area contributed by atoms with Crippen LogP contribution in [0.1, 0.15) is 65.7 Å². The highest BCUT2D eigenvalue weighted by molar-refractivity contribution is 5.79. The summed E-state index contributed by atoms with van der Waals surface area (Å²) < 4.78 is 10.2. The van der Waals surface area contributed by atoms with Crippen molar-refractivity contribution in [3.63, 3.8) is 0 Å². The zero-order valence-corrected chi connectivity index (χ0v) is 16.0. The lowest BCUT2D eigenvalue weighted by Crippen LogP contribution is -2.53. The Morgan fingerprint density at radius 3 is 2.40 bits per heavy atom. The predicted molar refractivity (Wildman–Crippen MR) is 93.7 cm³/mol. The Bertz CT molecular complexity index is 479. The number of rotatable bonds is 5. The van der Waals surface area contributed by atoms with Crippen LogP contribution in [0.3, 0.4) is 0 Å². The van der Waals surface area contributed by atoms with Gasteiger partial charge in [-0.1, -0.05) is 0 Å². The highest BCUT2D eigenvalue weighted by Crippen LogP contribution is 2.34. The van der Waals surface area contributed by atoms with Crippen LogP contribution in [0.2, 0.25) is 0 Å². The molecule has 0 aromatic heterocycles. The van der Waals surface area contributed by atoms with Crippen molar-refractivity contribution in [3.8, 4) is 0 Å². The summed E-state index contributed by atoms with van der Waals surface area (Å²) in [5.41, 5.74) is -2.09. The van der Waals surface area contributed by atoms with Crippen LogP contribution in [0, 0.1) is 11.8 Å². The normalized spacial score (nSPS) is 30.9. The second-order valence-electron chi connectivity index (χ2n) is 8.44. The highest BCUT2D eigenvalue weighted by atomic mass is 16.6. The molecule has 1 saturated carbocycles. The zero-order valence-electron chi connectivity index (χ0n) is 16.0. The number of nitrogens with zero attached hydrogens (tertiary/aromatic N) is 1. The van der Waals surface area contributed by atoms with E-state index in [1.54, 1.807) is 0 Å². The minimum Gasteiger partial charge on any atom is -0.469 e. The van der Waals surface area contributed by atoms with Crippen molar-refractivity contribution in [1.82, 2.24) is 4.90 Å². The SMILES string of the molecule is COC(=O)C1CCC(CCN2CCCC2(O)C(=O)OC(C)(C)C)CC1. The average Bonchev–Trinajstić information content (AvgIpc) is 2.93. The number of carbonyl (C=O) groups is 2. The van der Waals surface area contributed by atoms with Gasteiger partial charge in [0.05, 0.1) is 13.0 Å². The van der Waals surface area contributed by atoms with E-state index in [1.165, 1.54) is 7.11 Å². The number of hydrogen-bond acceptors (Lipinski definition) is 6. The molecule has 2 rings (SSSR count). The Kier molecular flexibility index (Phi) is 6.49. The summed E-state index contributed by atoms with van der Waals surface area (Å²) in [4.78, 5) is 25.9. The van der Waals surface area contributed by atoms with Crippen LogP contribution in [-0.2, 0) is 19.1 Å². The van der Waals surface area contributed by atoms with Gasteiger partial charge in [0, 0.05) is 19.5 Å². The van der Waals surface area contributed by atoms with Crippen molar-refractivity contribution in [2.45, 2.75) is 77.0 Å². The maximum absolute atomic E-state index is 12.4. The third kappa shape index (κ3) is 5.17. The number of hydrogen-bond donors (Lipinski definition) is 1. The number of likely N-dealkylation sites (tertiary alicyclic amines) is 1. The summed E-state index contributed by atoms with van der Waals surface area (Å²) in [6.07, 6.45) is 5.89. The number of methoxy groups -OCH3 is 1. The molecular weight excluding hydrogens is 322 g/mol. The monoisotopic (exact) mass is 355 g/mol. The van der Waals surface area contributed by atoms with Gasteiger partial charge in [0.2, 0.25) is 5.72 Å². The fraction of sp³-hybridized carbons (Fsp3) is 0.895. The van der Waals surface area contributed by atoms with E-state index < -0.39 is 17.3 Å². The van der Waals surface area contributed by atoms with Crippen molar-refractivity contribution in [2.24, 2.45) is 11.8 Å². The largest absolute Gasteiger partial charge is 0.469 e. The molecule has 2 fully saturated rings. The van der Waals surface area contributed by atoms with E-state index >= 15 is 0 Å². The molecule has 1 saturated heterocycles. The van der Waals surface area contributed by atoms with Crippen LogP contribution in [0.15, 0.2) is 0 Å². The molecule has 1 heterocycles. The summed E-state index contributed by atoms with van der Waals surface area (Å²) in [5, 5.41) is 10.8. The van der Waals surface area contributed by atoms with E-state index in [-0.39, 0.29) is 11.9 Å². The molecule has 2 aliphatic rings. The highest BCUT2D eigenvalue weighted by Gasteiger charge is 2.48. The summed E-state index contributed by atoms with van der Waals surface area (Å²) >= 11 is 0. The first kappa shape index (κ1) is 20.2. The van der Waals surface area contributed by atoms with Crippen molar-refractivity contribution in [1.29, 1.82) is 0 Å². The summed E-state index contributed by atoms with van der Waals surface area (Å²) in [7, 11) is 1.44. The molecule has 0 spiro atoms. The number of carbonyl (C=O) groups excluding carboxylic acids is 2. The first-order chi connectivity index (χ1) is 11.7. The van der Waals surface area contributed by atoms with Gasteiger partial charge in [-0.2, -0.15) is 0 Å². The molecule has 0 aromatic rings. The molecule has 1 unspecified atom stereocenters. The van der Waals surface area contributed by atoms with Crippen LogP contribution >= 0.6 is 0 Å². The Balaban J connectivity index is 1.84. The van der Waals surface area contributed by atoms with Crippen molar-refractivity contribution in [3.05, 3.63) is 0 Å². The molecule has 1 N–H and O–H groups in total. The summed E-state index contributed by atoms with van der Waals surface area (Å²) in [6.45, 7) is 6.84. The van der Waals surface area contributed by atoms with Gasteiger partial charge in [-0.15, -0.1) is 0 Å². The van der Waals surface area contributed by atoms with E-state index in [9.17, 15) is 14.7 Å². The van der Waals surface area contributed by atoms with Gasteiger partial charge in [0.1, 0.15) is 5.60 Å². The summed E-state index contributed by atoms with van der Waals surface area (Å²) in [5.74, 6) is -0.0691. The van der Waals surface area contributed by atoms with Gasteiger partial charge >= 0.3 is 11.9 Å². The molecule has 0 amide bonds. The van der Waals surface area contributed by atoms with E-state index in [4.69, 9.17) is 9.47 Å². The number of ether oxygens (including phenoxy) is 2. The first-order valence-corrected chi connectivity index (χ1v) is 9.44. The van der Waals surface area contributed by atoms with Gasteiger partial charge in [-0.25, -0.2) is 4.79 Å². The average molecular weight is 355 g/mol. The quantitative estimate of drug-likeness (QED) is 0.764. The number of esters is 2. The molecule has 1 aliphatic carbocycles. The Hall–Kier alpha value is -1.14. The minimum absolute atomic E-state index is 0.0340. The molecule has 1 atom stereocenters. The van der Waals surface area contributed by atoms with E-state index in [2.05, 4.69) is 0 Å². The molecule has 0 aromatic carbocycles. The van der Waals surface area contributed by atoms with Crippen molar-refractivity contribution in [2.75, 3.05) is 20.2 Å². The third-order valence-corrected chi connectivity index (χ3v) is 5.39. The topological polar surface area (TPSA) is 76.1 Å². The maximum Gasteiger partial charge on any atom is 0.354 e. The van der Waals surface area contributed by atoms with E-state index in [1.807, 2.05) is 25.7 Å². The van der Waals surface area contributed by atoms with Crippen LogP contribution in [0.5, 0.6) is 0 Å². The molecule has 0 bridgehead atoms. The molecule has 144 valence electrons. The van der Waals surface area contributed by atoms with Gasteiger partial charge in [-0.3, -0.25) is 9.69 Å². The smallest absolute Gasteiger partial charge is 0.354 e. The van der Waals surface area contributed by atoms with Crippen LogP contribution in [0.4, 0.5) is 0 Å². The fourth-order valence-electron chi connectivity index (χ4n) is 3.94. The Labute approximate surface area is 150 Å². The zero-order chi connectivity index (χ0) is 18.7. The molecule has 6 nitrogen and oxygen atoms in total. The van der Waals surface area contributed by atoms with E-state index in [0.29, 0.717) is 25.4 Å². The third-order valence-electron chi connectivity index (χ3n) is 5.39. The molecule has 0 radical (unpaired) electrons. The minimum atomic E-state index is -1.49. The van der Waals surface area contributed by atoms with Gasteiger partial charge < -0.3 is 14.6 Å². The standard InChI is InChI=1S/C19H33NO5/c1-18(2,3)25-17(22)19(23)11-5-12-20(19)13-10-14-6-8-15(9-7-14)16(21)24-4/h14-15,23H,5-13H2,1-4H3.